The van der Waals surface area contributed by atoms with Gasteiger partial charge in [0, 0.05) is 31.6 Å². The van der Waals surface area contributed by atoms with Gasteiger partial charge < -0.3 is 20.3 Å². The van der Waals surface area contributed by atoms with E-state index in [4.69, 9.17) is 4.74 Å². The lowest BCUT2D eigenvalue weighted by Crippen LogP contribution is -2.39. The van der Waals surface area contributed by atoms with Crippen LogP contribution in [0.4, 0.5) is 11.4 Å². The molecule has 1 fully saturated rings. The number of nitrogens with one attached hydrogen (secondary N) is 2. The van der Waals surface area contributed by atoms with E-state index < -0.39 is 5.41 Å². The summed E-state index contributed by atoms with van der Waals surface area (Å²) < 4.78 is 5.76. The van der Waals surface area contributed by atoms with Crippen molar-refractivity contribution in [2.45, 2.75) is 26.7 Å². The Morgan fingerprint density at radius 2 is 2.16 bits per heavy atom. The summed E-state index contributed by atoms with van der Waals surface area (Å²) in [7, 11) is 1.70. The zero-order chi connectivity index (χ0) is 18.2. The second-order valence-corrected chi connectivity index (χ2v) is 7.25. The lowest BCUT2D eigenvalue weighted by molar-refractivity contribution is -0.127. The lowest BCUT2D eigenvalue weighted by atomic mass is 9.93. The summed E-state index contributed by atoms with van der Waals surface area (Å²) in [6.45, 7) is 4.60. The van der Waals surface area contributed by atoms with Crippen LogP contribution >= 0.6 is 0 Å². The van der Waals surface area contributed by atoms with E-state index in [-0.39, 0.29) is 30.1 Å². The van der Waals surface area contributed by atoms with Gasteiger partial charge >= 0.3 is 0 Å². The fourth-order valence-electron chi connectivity index (χ4n) is 3.14. The van der Waals surface area contributed by atoms with Crippen molar-refractivity contribution in [2.24, 2.45) is 11.3 Å². The molecule has 7 heteroatoms. The average Bonchev–Trinajstić information content (AvgIpc) is 2.93. The first-order chi connectivity index (χ1) is 11.8. The highest BCUT2D eigenvalue weighted by molar-refractivity contribution is 6.00. The number of amides is 3. The van der Waals surface area contributed by atoms with Crippen molar-refractivity contribution >= 4 is 29.1 Å². The quantitative estimate of drug-likeness (QED) is 0.870. The molecule has 2 N–H and O–H groups in total. The normalized spacial score (nSPS) is 21.9. The minimum atomic E-state index is -0.618. The van der Waals surface area contributed by atoms with Crippen molar-refractivity contribution in [1.82, 2.24) is 5.32 Å². The van der Waals surface area contributed by atoms with Crippen molar-refractivity contribution in [3.05, 3.63) is 18.2 Å². The largest absolute Gasteiger partial charge is 0.490 e. The zero-order valence-corrected chi connectivity index (χ0v) is 14.7. The maximum absolute atomic E-state index is 12.5. The Morgan fingerprint density at radius 1 is 1.40 bits per heavy atom. The summed E-state index contributed by atoms with van der Waals surface area (Å²) in [4.78, 5) is 37.9. The molecule has 3 amide bonds. The first-order valence-electron chi connectivity index (χ1n) is 8.40. The Labute approximate surface area is 146 Å². The fraction of sp³-hybridized carbons (Fsp3) is 0.500. The predicted octanol–water partition coefficient (Wildman–Crippen LogP) is 1.53. The van der Waals surface area contributed by atoms with Gasteiger partial charge in [-0.1, -0.05) is 0 Å². The van der Waals surface area contributed by atoms with Crippen LogP contribution in [0.3, 0.4) is 0 Å². The van der Waals surface area contributed by atoms with Crippen molar-refractivity contribution in [2.75, 3.05) is 30.4 Å². The van der Waals surface area contributed by atoms with Gasteiger partial charge in [0.25, 0.3) is 0 Å². The first kappa shape index (κ1) is 17.3. The Morgan fingerprint density at radius 3 is 2.84 bits per heavy atom. The molecule has 1 saturated heterocycles. The molecule has 1 unspecified atom stereocenters. The highest BCUT2D eigenvalue weighted by Crippen LogP contribution is 2.37. The summed E-state index contributed by atoms with van der Waals surface area (Å²) in [5, 5.41) is 5.53. The van der Waals surface area contributed by atoms with Gasteiger partial charge in [0.2, 0.25) is 17.7 Å². The van der Waals surface area contributed by atoms with Crippen LogP contribution < -0.4 is 20.3 Å². The second-order valence-electron chi connectivity index (χ2n) is 7.25. The minimum absolute atomic E-state index is 0.0441. The average molecular weight is 345 g/mol. The van der Waals surface area contributed by atoms with Gasteiger partial charge in [0.15, 0.2) is 0 Å². The molecule has 2 heterocycles. The van der Waals surface area contributed by atoms with Crippen molar-refractivity contribution in [3.8, 4) is 5.75 Å². The van der Waals surface area contributed by atoms with E-state index in [0.29, 0.717) is 36.7 Å². The van der Waals surface area contributed by atoms with E-state index >= 15 is 0 Å². The molecule has 0 aliphatic carbocycles. The molecule has 1 atom stereocenters. The third kappa shape index (κ3) is 3.45. The minimum Gasteiger partial charge on any atom is -0.490 e. The molecule has 3 rings (SSSR count). The standard InChI is InChI=1S/C18H23N3O4/c1-18(2)10-25-14-5-4-12(9-13(14)21(3)17(18)24)20-15(22)8-11-6-7-19-16(11)23/h4-5,9,11H,6-8,10H2,1-3H3,(H,19,23)(H,20,22). The number of rotatable bonds is 3. The summed E-state index contributed by atoms with van der Waals surface area (Å²) in [5.74, 6) is 0.00467. The molecule has 2 aliphatic heterocycles. The molecule has 1 aromatic rings. The maximum atomic E-state index is 12.5. The van der Waals surface area contributed by atoms with Gasteiger partial charge in [-0.05, 0) is 38.5 Å². The van der Waals surface area contributed by atoms with E-state index in [0.717, 1.165) is 0 Å². The van der Waals surface area contributed by atoms with Crippen molar-refractivity contribution in [1.29, 1.82) is 0 Å². The number of benzene rings is 1. The molecular weight excluding hydrogens is 322 g/mol. The summed E-state index contributed by atoms with van der Waals surface area (Å²) >= 11 is 0. The molecule has 134 valence electrons. The molecular formula is C18H23N3O4. The first-order valence-corrected chi connectivity index (χ1v) is 8.40. The number of ether oxygens (including phenoxy) is 1. The van der Waals surface area contributed by atoms with E-state index in [1.165, 1.54) is 0 Å². The van der Waals surface area contributed by atoms with E-state index in [2.05, 4.69) is 10.6 Å². The van der Waals surface area contributed by atoms with Gasteiger partial charge in [-0.3, -0.25) is 14.4 Å². The maximum Gasteiger partial charge on any atom is 0.235 e. The van der Waals surface area contributed by atoms with Gasteiger partial charge in [-0.2, -0.15) is 0 Å². The third-order valence-corrected chi connectivity index (χ3v) is 4.67. The number of hydrogen-bond donors (Lipinski definition) is 2. The third-order valence-electron chi connectivity index (χ3n) is 4.67. The summed E-state index contributed by atoms with van der Waals surface area (Å²) in [5.41, 5.74) is 0.574. The molecule has 0 bridgehead atoms. The highest BCUT2D eigenvalue weighted by Gasteiger charge is 2.36. The van der Waals surface area contributed by atoms with E-state index in [9.17, 15) is 14.4 Å². The monoisotopic (exact) mass is 345 g/mol. The van der Waals surface area contributed by atoms with Crippen LogP contribution in [0.1, 0.15) is 26.7 Å². The molecule has 0 aromatic heterocycles. The van der Waals surface area contributed by atoms with Crippen molar-refractivity contribution < 1.29 is 19.1 Å². The van der Waals surface area contributed by atoms with E-state index in [1.54, 1.807) is 30.1 Å². The molecule has 0 radical (unpaired) electrons. The number of hydrogen-bond acceptors (Lipinski definition) is 4. The topological polar surface area (TPSA) is 87.7 Å². The second kappa shape index (κ2) is 6.38. The SMILES string of the molecule is CN1C(=O)C(C)(C)COc2ccc(NC(=O)CC3CCNC3=O)cc21. The number of fused-ring (bicyclic) bond motifs is 1. The van der Waals surface area contributed by atoms with Crippen LogP contribution in [0, 0.1) is 11.3 Å². The van der Waals surface area contributed by atoms with Gasteiger partial charge in [-0.15, -0.1) is 0 Å². The Bertz CT molecular complexity index is 729. The Kier molecular flexibility index (Phi) is 4.41. The number of carbonyl (C=O) groups excluding carboxylic acids is 3. The number of anilines is 2. The van der Waals surface area contributed by atoms with Crippen molar-refractivity contribution in [3.63, 3.8) is 0 Å². The Hall–Kier alpha value is -2.57. The van der Waals surface area contributed by atoms with Crippen LogP contribution in [0.2, 0.25) is 0 Å². The molecule has 2 aliphatic rings. The number of carbonyl (C=O) groups is 3. The zero-order valence-electron chi connectivity index (χ0n) is 14.7. The van der Waals surface area contributed by atoms with Crippen LogP contribution in [0.25, 0.3) is 0 Å². The van der Waals surface area contributed by atoms with Crippen LogP contribution in [-0.4, -0.2) is 37.9 Å². The van der Waals surface area contributed by atoms with Crippen LogP contribution in [0.15, 0.2) is 18.2 Å². The fourth-order valence-corrected chi connectivity index (χ4v) is 3.14. The predicted molar refractivity (Wildman–Crippen MR) is 93.5 cm³/mol. The Balaban J connectivity index is 1.75. The molecule has 0 spiro atoms. The van der Waals surface area contributed by atoms with Gasteiger partial charge in [0.1, 0.15) is 12.4 Å². The van der Waals surface area contributed by atoms with Crippen LogP contribution in [-0.2, 0) is 14.4 Å². The molecule has 7 nitrogen and oxygen atoms in total. The molecule has 0 saturated carbocycles. The van der Waals surface area contributed by atoms with Gasteiger partial charge in [-0.25, -0.2) is 0 Å². The molecule has 1 aromatic carbocycles. The highest BCUT2D eigenvalue weighted by atomic mass is 16.5. The number of nitrogens with zero attached hydrogens (tertiary/aromatic N) is 1. The molecule has 25 heavy (non-hydrogen) atoms. The van der Waals surface area contributed by atoms with Gasteiger partial charge in [0.05, 0.1) is 11.1 Å². The van der Waals surface area contributed by atoms with E-state index in [1.807, 2.05) is 13.8 Å². The summed E-state index contributed by atoms with van der Waals surface area (Å²) in [6.07, 6.45) is 0.831. The van der Waals surface area contributed by atoms with Crippen LogP contribution in [0.5, 0.6) is 5.75 Å². The lowest BCUT2D eigenvalue weighted by Gasteiger charge is -2.24. The summed E-state index contributed by atoms with van der Waals surface area (Å²) in [6, 6.07) is 5.21. The smallest absolute Gasteiger partial charge is 0.235 e.